The Hall–Kier alpha value is -1.46. The highest BCUT2D eigenvalue weighted by atomic mass is 35.5. The highest BCUT2D eigenvalue weighted by Gasteiger charge is 2.14. The van der Waals surface area contributed by atoms with Gasteiger partial charge in [0.25, 0.3) is 0 Å². The van der Waals surface area contributed by atoms with Crippen molar-refractivity contribution in [2.75, 3.05) is 7.05 Å². The average Bonchev–Trinajstić information content (AvgIpc) is 2.99. The third-order valence-corrected chi connectivity index (χ3v) is 4.25. The lowest BCUT2D eigenvalue weighted by atomic mass is 10.1. The van der Waals surface area contributed by atoms with Crippen LogP contribution < -0.4 is 5.32 Å². The molecule has 0 fully saturated rings. The fourth-order valence-electron chi connectivity index (χ4n) is 2.17. The number of hydrogen-bond acceptors (Lipinski definition) is 2. The number of nitrogens with zero attached hydrogens (tertiary/aromatic N) is 2. The number of carbonyl (C=O) groups is 1. The molecule has 4 nitrogen and oxygen atoms in total. The summed E-state index contributed by atoms with van der Waals surface area (Å²) < 4.78 is 1.93. The van der Waals surface area contributed by atoms with E-state index >= 15 is 0 Å². The molecule has 0 bridgehead atoms. The summed E-state index contributed by atoms with van der Waals surface area (Å²) in [7, 11) is 3.71. The number of halogens is 1. The highest BCUT2D eigenvalue weighted by Crippen LogP contribution is 2.14. The molecule has 0 aliphatic rings. The molecule has 2 aromatic rings. The summed E-state index contributed by atoms with van der Waals surface area (Å²) in [6, 6.07) is 3.99. The Kier molecular flexibility index (Phi) is 5.31. The lowest BCUT2D eigenvalue weighted by molar-refractivity contribution is 0.202. The van der Waals surface area contributed by atoms with E-state index in [9.17, 15) is 4.79 Å². The number of nitrogens with one attached hydrogen (secondary N) is 1. The first-order valence-electron chi connectivity index (χ1n) is 6.79. The SMILES string of the molecule is C[C@@H](Cc1ccsc1)NC(=O)N(C)Cc1cc(Cl)cn1C. The molecule has 21 heavy (non-hydrogen) atoms. The maximum atomic E-state index is 12.2. The molecule has 0 saturated carbocycles. The van der Waals surface area contributed by atoms with Crippen molar-refractivity contribution in [3.05, 3.63) is 45.4 Å². The standard InChI is InChI=1S/C15H20ClN3OS/c1-11(6-12-4-5-21-10-12)17-15(20)19(3)9-14-7-13(16)8-18(14)2/h4-5,7-8,10-11H,6,9H2,1-3H3,(H,17,20)/t11-/m0/s1. The van der Waals surface area contributed by atoms with Crippen LogP contribution in [0, 0.1) is 0 Å². The van der Waals surface area contributed by atoms with Gasteiger partial charge in [0.1, 0.15) is 0 Å². The molecule has 0 aliphatic heterocycles. The first kappa shape index (κ1) is 15.9. The van der Waals surface area contributed by atoms with E-state index in [0.29, 0.717) is 11.6 Å². The van der Waals surface area contributed by atoms with Gasteiger partial charge in [-0.25, -0.2) is 4.79 Å². The summed E-state index contributed by atoms with van der Waals surface area (Å²) in [5, 5.41) is 7.86. The Labute approximate surface area is 134 Å². The van der Waals surface area contributed by atoms with Crippen LogP contribution in [-0.2, 0) is 20.0 Å². The van der Waals surface area contributed by atoms with Crippen LogP contribution in [0.15, 0.2) is 29.1 Å². The first-order chi connectivity index (χ1) is 9.95. The van der Waals surface area contributed by atoms with Crippen LogP contribution in [0.3, 0.4) is 0 Å². The lowest BCUT2D eigenvalue weighted by Gasteiger charge is -2.21. The van der Waals surface area contributed by atoms with Crippen LogP contribution in [0.2, 0.25) is 5.02 Å². The van der Waals surface area contributed by atoms with Crippen LogP contribution >= 0.6 is 22.9 Å². The van der Waals surface area contributed by atoms with E-state index in [2.05, 4.69) is 22.1 Å². The first-order valence-corrected chi connectivity index (χ1v) is 8.11. The lowest BCUT2D eigenvalue weighted by Crippen LogP contribution is -2.42. The van der Waals surface area contributed by atoms with Crippen molar-refractivity contribution in [3.8, 4) is 0 Å². The van der Waals surface area contributed by atoms with E-state index < -0.39 is 0 Å². The van der Waals surface area contributed by atoms with Crippen LogP contribution in [0.25, 0.3) is 0 Å². The molecule has 0 unspecified atom stereocenters. The van der Waals surface area contributed by atoms with E-state index in [1.54, 1.807) is 23.3 Å². The molecule has 2 rings (SSSR count). The topological polar surface area (TPSA) is 37.3 Å². The molecule has 2 heterocycles. The number of aromatic nitrogens is 1. The van der Waals surface area contributed by atoms with Crippen molar-refractivity contribution >= 4 is 29.0 Å². The third-order valence-electron chi connectivity index (χ3n) is 3.31. The molecule has 1 N–H and O–H groups in total. The van der Waals surface area contributed by atoms with E-state index in [4.69, 9.17) is 11.6 Å². The molecule has 114 valence electrons. The molecule has 6 heteroatoms. The predicted octanol–water partition coefficient (Wildman–Crippen LogP) is 3.51. The van der Waals surface area contributed by atoms with Crippen molar-refractivity contribution in [3.63, 3.8) is 0 Å². The molecule has 0 spiro atoms. The van der Waals surface area contributed by atoms with Gasteiger partial charge in [-0.15, -0.1) is 0 Å². The Bertz CT molecular complexity index is 594. The van der Waals surface area contributed by atoms with Crippen molar-refractivity contribution < 1.29 is 4.79 Å². The van der Waals surface area contributed by atoms with Crippen molar-refractivity contribution in [2.24, 2.45) is 7.05 Å². The van der Waals surface area contributed by atoms with Gasteiger partial charge in [0, 0.05) is 32.0 Å². The summed E-state index contributed by atoms with van der Waals surface area (Å²) >= 11 is 7.63. The number of carbonyl (C=O) groups excluding carboxylic acids is 1. The van der Waals surface area contributed by atoms with Gasteiger partial charge < -0.3 is 14.8 Å². The predicted molar refractivity (Wildman–Crippen MR) is 87.9 cm³/mol. The summed E-state index contributed by atoms with van der Waals surface area (Å²) in [4.78, 5) is 13.8. The van der Waals surface area contributed by atoms with Crippen molar-refractivity contribution in [2.45, 2.75) is 25.9 Å². The average molecular weight is 326 g/mol. The molecule has 2 amide bonds. The van der Waals surface area contributed by atoms with Crippen LogP contribution in [0.5, 0.6) is 0 Å². The number of amides is 2. The highest BCUT2D eigenvalue weighted by molar-refractivity contribution is 7.07. The maximum absolute atomic E-state index is 12.2. The Morgan fingerprint density at radius 1 is 1.57 bits per heavy atom. The van der Waals surface area contributed by atoms with Gasteiger partial charge in [0.15, 0.2) is 0 Å². The van der Waals surface area contributed by atoms with Gasteiger partial charge in [-0.05, 0) is 41.8 Å². The normalized spacial score (nSPS) is 12.2. The number of rotatable bonds is 5. The summed E-state index contributed by atoms with van der Waals surface area (Å²) in [6.45, 7) is 2.54. The molecule has 1 atom stereocenters. The van der Waals surface area contributed by atoms with Crippen LogP contribution in [0.4, 0.5) is 4.79 Å². The fraction of sp³-hybridized carbons (Fsp3) is 0.400. The fourth-order valence-corrected chi connectivity index (χ4v) is 3.13. The summed E-state index contributed by atoms with van der Waals surface area (Å²) in [6.07, 6.45) is 2.68. The zero-order valence-corrected chi connectivity index (χ0v) is 14.0. The van der Waals surface area contributed by atoms with E-state index in [1.165, 1.54) is 5.56 Å². The number of aryl methyl sites for hydroxylation is 1. The molecular weight excluding hydrogens is 306 g/mol. The van der Waals surface area contributed by atoms with Gasteiger partial charge in [-0.2, -0.15) is 11.3 Å². The largest absolute Gasteiger partial charge is 0.351 e. The van der Waals surface area contributed by atoms with Crippen LogP contribution in [-0.4, -0.2) is 28.6 Å². The number of hydrogen-bond donors (Lipinski definition) is 1. The maximum Gasteiger partial charge on any atom is 0.317 e. The van der Waals surface area contributed by atoms with Gasteiger partial charge in [0.2, 0.25) is 0 Å². The van der Waals surface area contributed by atoms with Gasteiger partial charge in [-0.1, -0.05) is 11.6 Å². The minimum atomic E-state index is -0.0740. The van der Waals surface area contributed by atoms with E-state index in [1.807, 2.05) is 30.8 Å². The van der Waals surface area contributed by atoms with Crippen molar-refractivity contribution in [1.82, 2.24) is 14.8 Å². The molecule has 0 radical (unpaired) electrons. The van der Waals surface area contributed by atoms with E-state index in [-0.39, 0.29) is 12.1 Å². The quantitative estimate of drug-likeness (QED) is 0.897. The van der Waals surface area contributed by atoms with Gasteiger partial charge in [-0.3, -0.25) is 0 Å². The summed E-state index contributed by atoms with van der Waals surface area (Å²) in [5.74, 6) is 0. The van der Waals surface area contributed by atoms with E-state index in [0.717, 1.165) is 12.1 Å². The van der Waals surface area contributed by atoms with Crippen LogP contribution in [0.1, 0.15) is 18.2 Å². The van der Waals surface area contributed by atoms with Gasteiger partial charge >= 0.3 is 6.03 Å². The second-order valence-corrected chi connectivity index (χ2v) is 6.52. The number of urea groups is 1. The monoisotopic (exact) mass is 325 g/mol. The minimum absolute atomic E-state index is 0.0740. The smallest absolute Gasteiger partial charge is 0.317 e. The zero-order chi connectivity index (χ0) is 15.4. The Balaban J connectivity index is 1.86. The Morgan fingerprint density at radius 3 is 2.90 bits per heavy atom. The summed E-state index contributed by atoms with van der Waals surface area (Å²) in [5.41, 5.74) is 2.26. The Morgan fingerprint density at radius 2 is 2.33 bits per heavy atom. The molecule has 0 aliphatic carbocycles. The molecule has 0 saturated heterocycles. The minimum Gasteiger partial charge on any atom is -0.351 e. The van der Waals surface area contributed by atoms with Crippen molar-refractivity contribution in [1.29, 1.82) is 0 Å². The zero-order valence-electron chi connectivity index (χ0n) is 12.5. The molecule has 0 aromatic carbocycles. The second kappa shape index (κ2) is 7.00. The molecule has 2 aromatic heterocycles. The number of thiophene rings is 1. The second-order valence-electron chi connectivity index (χ2n) is 5.30. The third kappa shape index (κ3) is 4.51. The van der Waals surface area contributed by atoms with Gasteiger partial charge in [0.05, 0.1) is 11.6 Å². The molecular formula is C15H20ClN3OS.